The molecule has 1 atom stereocenters. The van der Waals surface area contributed by atoms with E-state index >= 15 is 0 Å². The smallest absolute Gasteiger partial charge is 0.227 e. The first kappa shape index (κ1) is 26.8. The van der Waals surface area contributed by atoms with Crippen LogP contribution in [0.1, 0.15) is 38.2 Å². The number of guanidine groups is 1. The molecule has 3 N–H and O–H groups in total. The largest absolute Gasteiger partial charge is 0.493 e. The van der Waals surface area contributed by atoms with E-state index in [2.05, 4.69) is 20.9 Å². The number of ether oxygens (including phenoxy) is 2. The second kappa shape index (κ2) is 13.9. The third kappa shape index (κ3) is 8.42. The Morgan fingerprint density at radius 3 is 2.52 bits per heavy atom. The number of hydrogen-bond donors (Lipinski definition) is 3. The molecule has 2 aromatic carbocycles. The molecule has 1 unspecified atom stereocenters. The summed E-state index contributed by atoms with van der Waals surface area (Å²) in [6, 6.07) is 15.5. The Kier molecular flexibility index (Phi) is 11.3. The average Bonchev–Trinajstić information content (AvgIpc) is 3.35. The summed E-state index contributed by atoms with van der Waals surface area (Å²) in [6.07, 6.45) is 4.20. The number of para-hydroxylation sites is 2. The number of nitrogens with one attached hydrogen (secondary N) is 3. The predicted molar refractivity (Wildman–Crippen MR) is 144 cm³/mol. The Morgan fingerprint density at radius 2 is 1.82 bits per heavy atom. The van der Waals surface area contributed by atoms with E-state index in [0.29, 0.717) is 30.5 Å². The molecule has 1 aliphatic rings. The van der Waals surface area contributed by atoms with E-state index in [0.717, 1.165) is 36.9 Å². The van der Waals surface area contributed by atoms with Gasteiger partial charge in [-0.05, 0) is 49.6 Å². The zero-order valence-electron chi connectivity index (χ0n) is 19.6. The highest BCUT2D eigenvalue weighted by Gasteiger charge is 2.22. The summed E-state index contributed by atoms with van der Waals surface area (Å²) in [5, 5.41) is 9.65. The van der Waals surface area contributed by atoms with Crippen molar-refractivity contribution in [2.75, 3.05) is 26.0 Å². The van der Waals surface area contributed by atoms with Crippen LogP contribution in [0.25, 0.3) is 0 Å². The molecule has 0 aromatic heterocycles. The number of benzene rings is 2. The first-order valence-corrected chi connectivity index (χ1v) is 11.2. The maximum atomic E-state index is 12.4. The fourth-order valence-electron chi connectivity index (χ4n) is 3.81. The molecule has 180 valence electrons. The van der Waals surface area contributed by atoms with Crippen molar-refractivity contribution >= 4 is 41.5 Å². The number of rotatable bonds is 9. The molecule has 1 fully saturated rings. The van der Waals surface area contributed by atoms with Crippen molar-refractivity contribution in [1.82, 2.24) is 10.6 Å². The topological polar surface area (TPSA) is 84.0 Å². The normalized spacial score (nSPS) is 14.7. The zero-order chi connectivity index (χ0) is 22.8. The van der Waals surface area contributed by atoms with Crippen LogP contribution in [0.3, 0.4) is 0 Å². The van der Waals surface area contributed by atoms with E-state index in [-0.39, 0.29) is 41.9 Å². The van der Waals surface area contributed by atoms with Crippen molar-refractivity contribution in [2.45, 2.75) is 45.3 Å². The van der Waals surface area contributed by atoms with Gasteiger partial charge < -0.3 is 25.4 Å². The Bertz CT molecular complexity index is 916. The molecule has 1 aliphatic carbocycles. The number of hydrogen-bond acceptors (Lipinski definition) is 4. The monoisotopic (exact) mass is 566 g/mol. The van der Waals surface area contributed by atoms with Crippen LogP contribution < -0.4 is 25.4 Å². The molecule has 0 saturated heterocycles. The maximum absolute atomic E-state index is 12.4. The van der Waals surface area contributed by atoms with Crippen LogP contribution in [0, 0.1) is 5.92 Å². The van der Waals surface area contributed by atoms with Gasteiger partial charge in [-0.1, -0.05) is 37.1 Å². The fraction of sp³-hybridized carbons (Fsp3) is 0.440. The van der Waals surface area contributed by atoms with Crippen LogP contribution in [-0.2, 0) is 11.3 Å². The van der Waals surface area contributed by atoms with E-state index in [1.165, 1.54) is 0 Å². The van der Waals surface area contributed by atoms with Crippen LogP contribution in [-0.4, -0.2) is 38.7 Å². The van der Waals surface area contributed by atoms with Crippen LogP contribution in [0.15, 0.2) is 53.5 Å². The first-order valence-electron chi connectivity index (χ1n) is 11.2. The van der Waals surface area contributed by atoms with Gasteiger partial charge in [0.25, 0.3) is 0 Å². The standard InChI is InChI=1S/C25H34N4O3.HI/c1-18(32-23-14-7-6-13-22(23)31-3)16-27-25(26-2)28-17-19-9-8-12-21(15-19)29-24(30)20-10-4-5-11-20;/h6-9,12-15,18,20H,4-5,10-11,16-17H2,1-3H3,(H,29,30)(H2,26,27,28);1H. The van der Waals surface area contributed by atoms with Gasteiger partial charge in [-0.25, -0.2) is 0 Å². The number of aliphatic imine (C=N–C) groups is 1. The van der Waals surface area contributed by atoms with Gasteiger partial charge in [0.05, 0.1) is 13.7 Å². The van der Waals surface area contributed by atoms with Gasteiger partial charge in [0.1, 0.15) is 6.10 Å². The van der Waals surface area contributed by atoms with Crippen molar-refractivity contribution in [3.63, 3.8) is 0 Å². The molecule has 0 aliphatic heterocycles. The molecule has 2 aromatic rings. The van der Waals surface area contributed by atoms with E-state index in [4.69, 9.17) is 9.47 Å². The van der Waals surface area contributed by atoms with Crippen LogP contribution in [0.4, 0.5) is 5.69 Å². The number of amides is 1. The quantitative estimate of drug-likeness (QED) is 0.235. The minimum absolute atomic E-state index is 0. The van der Waals surface area contributed by atoms with E-state index < -0.39 is 0 Å². The van der Waals surface area contributed by atoms with Gasteiger partial charge in [-0.3, -0.25) is 9.79 Å². The van der Waals surface area contributed by atoms with E-state index in [9.17, 15) is 4.79 Å². The molecule has 1 saturated carbocycles. The highest BCUT2D eigenvalue weighted by molar-refractivity contribution is 14.0. The SMILES string of the molecule is CN=C(NCc1cccc(NC(=O)C2CCCC2)c1)NCC(C)Oc1ccccc1OC.I. The first-order chi connectivity index (χ1) is 15.6. The lowest BCUT2D eigenvalue weighted by atomic mass is 10.1. The van der Waals surface area contributed by atoms with Crippen molar-refractivity contribution in [1.29, 1.82) is 0 Å². The van der Waals surface area contributed by atoms with Crippen LogP contribution >= 0.6 is 24.0 Å². The lowest BCUT2D eigenvalue weighted by molar-refractivity contribution is -0.119. The molecule has 3 rings (SSSR count). The van der Waals surface area contributed by atoms with Crippen LogP contribution in [0.5, 0.6) is 11.5 Å². The highest BCUT2D eigenvalue weighted by atomic mass is 127. The molecule has 0 radical (unpaired) electrons. The van der Waals surface area contributed by atoms with Crippen molar-refractivity contribution in [2.24, 2.45) is 10.9 Å². The lowest BCUT2D eigenvalue weighted by Gasteiger charge is -2.19. The molecular formula is C25H35IN4O3. The number of methoxy groups -OCH3 is 1. The Labute approximate surface area is 213 Å². The second-order valence-corrected chi connectivity index (χ2v) is 8.06. The number of halogens is 1. The maximum Gasteiger partial charge on any atom is 0.227 e. The summed E-state index contributed by atoms with van der Waals surface area (Å²) >= 11 is 0. The Balaban J connectivity index is 0.00000385. The minimum Gasteiger partial charge on any atom is -0.493 e. The molecular weight excluding hydrogens is 531 g/mol. The molecule has 8 heteroatoms. The highest BCUT2D eigenvalue weighted by Crippen LogP contribution is 2.27. The predicted octanol–water partition coefficient (Wildman–Crippen LogP) is 4.57. The number of carbonyl (C=O) groups is 1. The molecule has 0 spiro atoms. The number of anilines is 1. The second-order valence-electron chi connectivity index (χ2n) is 8.06. The average molecular weight is 566 g/mol. The van der Waals surface area contributed by atoms with Gasteiger partial charge in [0.2, 0.25) is 5.91 Å². The Hall–Kier alpha value is -2.49. The molecule has 33 heavy (non-hydrogen) atoms. The summed E-state index contributed by atoms with van der Waals surface area (Å²) in [5.74, 6) is 2.39. The number of nitrogens with zero attached hydrogens (tertiary/aromatic N) is 1. The van der Waals surface area contributed by atoms with Gasteiger partial charge in [-0.15, -0.1) is 24.0 Å². The third-order valence-corrected chi connectivity index (χ3v) is 5.56. The summed E-state index contributed by atoms with van der Waals surface area (Å²) in [5.41, 5.74) is 1.90. The summed E-state index contributed by atoms with van der Waals surface area (Å²) in [6.45, 7) is 3.16. The zero-order valence-corrected chi connectivity index (χ0v) is 21.9. The van der Waals surface area contributed by atoms with Gasteiger partial charge in [0.15, 0.2) is 17.5 Å². The van der Waals surface area contributed by atoms with E-state index in [1.807, 2.05) is 55.5 Å². The van der Waals surface area contributed by atoms with E-state index in [1.54, 1.807) is 14.2 Å². The summed E-state index contributed by atoms with van der Waals surface area (Å²) in [7, 11) is 3.37. The summed E-state index contributed by atoms with van der Waals surface area (Å²) in [4.78, 5) is 16.7. The molecule has 0 bridgehead atoms. The van der Waals surface area contributed by atoms with Crippen LogP contribution in [0.2, 0.25) is 0 Å². The lowest BCUT2D eigenvalue weighted by Crippen LogP contribution is -2.41. The Morgan fingerprint density at radius 1 is 1.09 bits per heavy atom. The summed E-state index contributed by atoms with van der Waals surface area (Å²) < 4.78 is 11.3. The van der Waals surface area contributed by atoms with Gasteiger partial charge in [0, 0.05) is 25.2 Å². The van der Waals surface area contributed by atoms with Gasteiger partial charge >= 0.3 is 0 Å². The number of carbonyl (C=O) groups excluding carboxylic acids is 1. The van der Waals surface area contributed by atoms with Crippen molar-refractivity contribution < 1.29 is 14.3 Å². The van der Waals surface area contributed by atoms with Crippen molar-refractivity contribution in [3.05, 3.63) is 54.1 Å². The molecule has 0 heterocycles. The molecule has 1 amide bonds. The molecule has 7 nitrogen and oxygen atoms in total. The minimum atomic E-state index is -0.0843. The van der Waals surface area contributed by atoms with Crippen molar-refractivity contribution in [3.8, 4) is 11.5 Å². The third-order valence-electron chi connectivity index (χ3n) is 5.56. The van der Waals surface area contributed by atoms with Gasteiger partial charge in [-0.2, -0.15) is 0 Å². The fourth-order valence-corrected chi connectivity index (χ4v) is 3.81.